The molecule has 5 nitrogen and oxygen atoms in total. The number of nitrogens with zero attached hydrogens (tertiary/aromatic N) is 1. The first-order valence-corrected chi connectivity index (χ1v) is 11.8. The minimum atomic E-state index is -1.91. The summed E-state index contributed by atoms with van der Waals surface area (Å²) in [6, 6.07) is 9.36. The van der Waals surface area contributed by atoms with Crippen molar-refractivity contribution in [2.45, 2.75) is 64.1 Å². The first kappa shape index (κ1) is 19.9. The van der Waals surface area contributed by atoms with Gasteiger partial charge in [-0.25, -0.2) is 4.79 Å². The van der Waals surface area contributed by atoms with Crippen molar-refractivity contribution in [3.63, 3.8) is 0 Å². The fourth-order valence-corrected chi connectivity index (χ4v) is 4.11. The molecule has 1 N–H and O–H groups in total. The van der Waals surface area contributed by atoms with Crippen LogP contribution in [0.3, 0.4) is 0 Å². The van der Waals surface area contributed by atoms with Gasteiger partial charge in [0.2, 0.25) is 0 Å². The summed E-state index contributed by atoms with van der Waals surface area (Å²) < 4.78 is 11.8. The molecule has 0 spiro atoms. The van der Waals surface area contributed by atoms with Crippen molar-refractivity contribution in [2.24, 2.45) is 0 Å². The third kappa shape index (κ3) is 5.06. The maximum Gasteiger partial charge on any atom is 0.410 e. The molecule has 0 unspecified atom stereocenters. The molecule has 0 bridgehead atoms. The highest BCUT2D eigenvalue weighted by Crippen LogP contribution is 2.38. The van der Waals surface area contributed by atoms with Crippen molar-refractivity contribution in [3.8, 4) is 0 Å². The summed E-state index contributed by atoms with van der Waals surface area (Å²) in [6.07, 6.45) is 0.232. The van der Waals surface area contributed by atoms with Crippen LogP contribution in [0.2, 0.25) is 18.1 Å². The number of carbonyl (C=O) groups is 1. The normalized spacial score (nSPS) is 21.4. The average molecular weight is 366 g/mol. The van der Waals surface area contributed by atoms with Gasteiger partial charge < -0.3 is 19.2 Å². The maximum atomic E-state index is 12.4. The van der Waals surface area contributed by atoms with Crippen molar-refractivity contribution in [2.75, 3.05) is 13.2 Å². The van der Waals surface area contributed by atoms with Crippen LogP contribution in [0.15, 0.2) is 30.3 Å². The number of rotatable bonds is 5. The Kier molecular flexibility index (Phi) is 6.29. The van der Waals surface area contributed by atoms with Gasteiger partial charge in [0.25, 0.3) is 0 Å². The zero-order valence-corrected chi connectivity index (χ0v) is 17.0. The van der Waals surface area contributed by atoms with Crippen molar-refractivity contribution in [1.82, 2.24) is 4.90 Å². The van der Waals surface area contributed by atoms with E-state index in [4.69, 9.17) is 9.16 Å². The number of amides is 1. The highest BCUT2D eigenvalue weighted by molar-refractivity contribution is 6.74. The van der Waals surface area contributed by atoms with Gasteiger partial charge >= 0.3 is 6.09 Å². The first-order chi connectivity index (χ1) is 11.6. The largest absolute Gasteiger partial charge is 0.445 e. The van der Waals surface area contributed by atoms with E-state index in [-0.39, 0.29) is 36.5 Å². The van der Waals surface area contributed by atoms with Gasteiger partial charge in [0.15, 0.2) is 8.32 Å². The third-order valence-electron chi connectivity index (χ3n) is 5.29. The van der Waals surface area contributed by atoms with Crippen molar-refractivity contribution in [1.29, 1.82) is 0 Å². The highest BCUT2D eigenvalue weighted by Gasteiger charge is 2.43. The summed E-state index contributed by atoms with van der Waals surface area (Å²) >= 11 is 0. The number of carbonyl (C=O) groups excluding carboxylic acids is 1. The van der Waals surface area contributed by atoms with Crippen LogP contribution in [0.4, 0.5) is 4.79 Å². The fraction of sp³-hybridized carbons (Fsp3) is 0.632. The highest BCUT2D eigenvalue weighted by atomic mass is 28.4. The fourth-order valence-electron chi connectivity index (χ4n) is 2.75. The molecule has 1 amide bonds. The molecule has 1 aromatic carbocycles. The second kappa shape index (κ2) is 7.89. The molecular formula is C19H31NO4Si. The molecule has 140 valence electrons. The Hall–Kier alpha value is -1.37. The van der Waals surface area contributed by atoms with Gasteiger partial charge in [-0.05, 0) is 30.1 Å². The van der Waals surface area contributed by atoms with Crippen LogP contribution >= 0.6 is 0 Å². The number of ether oxygens (including phenoxy) is 1. The average Bonchev–Trinajstić information content (AvgIpc) is 2.95. The van der Waals surface area contributed by atoms with Crippen molar-refractivity contribution in [3.05, 3.63) is 35.9 Å². The van der Waals surface area contributed by atoms with Gasteiger partial charge in [0.1, 0.15) is 6.61 Å². The van der Waals surface area contributed by atoms with Gasteiger partial charge in [-0.2, -0.15) is 0 Å². The Bertz CT molecular complexity index is 571. The Morgan fingerprint density at radius 3 is 2.48 bits per heavy atom. The number of benzene rings is 1. The van der Waals surface area contributed by atoms with E-state index in [0.29, 0.717) is 13.0 Å². The van der Waals surface area contributed by atoms with Gasteiger partial charge in [0, 0.05) is 6.54 Å². The molecular weight excluding hydrogens is 334 g/mol. The molecule has 0 radical (unpaired) electrons. The minimum Gasteiger partial charge on any atom is -0.445 e. The Morgan fingerprint density at radius 1 is 1.28 bits per heavy atom. The van der Waals surface area contributed by atoms with Crippen molar-refractivity contribution >= 4 is 14.4 Å². The summed E-state index contributed by atoms with van der Waals surface area (Å²) in [5, 5.41) is 9.77. The zero-order chi connectivity index (χ0) is 18.7. The lowest BCUT2D eigenvalue weighted by Gasteiger charge is -2.38. The summed E-state index contributed by atoms with van der Waals surface area (Å²) in [6.45, 7) is 11.6. The molecule has 0 aromatic heterocycles. The standard InChI is InChI=1S/C19H31NO4Si/c1-19(2,3)25(4,5)24-17-11-16(13-21)20(12-17)18(22)23-14-15-9-7-6-8-10-15/h6-10,16-17,21H,11-14H2,1-5H3/t16-,17+/m1/s1. The molecule has 1 aliphatic rings. The van der Waals surface area contributed by atoms with Crippen LogP contribution in [-0.2, 0) is 15.8 Å². The third-order valence-corrected chi connectivity index (χ3v) is 9.83. The maximum absolute atomic E-state index is 12.4. The van der Waals surface area contributed by atoms with Gasteiger partial charge in [0.05, 0.1) is 18.8 Å². The van der Waals surface area contributed by atoms with Crippen LogP contribution in [-0.4, -0.2) is 49.7 Å². The molecule has 1 aliphatic heterocycles. The second-order valence-corrected chi connectivity index (χ2v) is 13.0. The predicted octanol–water partition coefficient (Wildman–Crippen LogP) is 3.78. The Morgan fingerprint density at radius 2 is 1.92 bits per heavy atom. The van der Waals surface area contributed by atoms with Crippen LogP contribution in [0.5, 0.6) is 0 Å². The first-order valence-electron chi connectivity index (χ1n) is 8.90. The molecule has 1 saturated heterocycles. The summed E-state index contributed by atoms with van der Waals surface area (Å²) in [5.41, 5.74) is 0.949. The minimum absolute atomic E-state index is 0.0395. The Balaban J connectivity index is 1.95. The van der Waals surface area contributed by atoms with E-state index in [9.17, 15) is 9.90 Å². The SMILES string of the molecule is CC(C)(C)[Si](C)(C)O[C@H]1C[C@H](CO)N(C(=O)OCc2ccccc2)C1. The van der Waals surface area contributed by atoms with Crippen LogP contribution < -0.4 is 0 Å². The number of likely N-dealkylation sites (tertiary alicyclic amines) is 1. The molecule has 6 heteroatoms. The molecule has 1 fully saturated rings. The predicted molar refractivity (Wildman–Crippen MR) is 101 cm³/mol. The van der Waals surface area contributed by atoms with E-state index in [2.05, 4.69) is 33.9 Å². The van der Waals surface area contributed by atoms with E-state index in [1.54, 1.807) is 4.90 Å². The van der Waals surface area contributed by atoms with Crippen LogP contribution in [0.25, 0.3) is 0 Å². The molecule has 2 rings (SSSR count). The van der Waals surface area contributed by atoms with E-state index in [1.165, 1.54) is 0 Å². The van der Waals surface area contributed by atoms with E-state index >= 15 is 0 Å². The number of hydrogen-bond acceptors (Lipinski definition) is 4. The summed E-state index contributed by atoms with van der Waals surface area (Å²) in [5.74, 6) is 0. The van der Waals surface area contributed by atoms with E-state index in [0.717, 1.165) is 5.56 Å². The smallest absolute Gasteiger partial charge is 0.410 e. The molecule has 1 heterocycles. The van der Waals surface area contributed by atoms with Gasteiger partial charge in [-0.3, -0.25) is 0 Å². The Labute approximate surface area is 152 Å². The molecule has 0 aliphatic carbocycles. The number of aliphatic hydroxyl groups is 1. The van der Waals surface area contributed by atoms with E-state index < -0.39 is 8.32 Å². The van der Waals surface area contributed by atoms with Crippen molar-refractivity contribution < 1.29 is 19.1 Å². The lowest BCUT2D eigenvalue weighted by Crippen LogP contribution is -2.44. The summed E-state index contributed by atoms with van der Waals surface area (Å²) in [7, 11) is -1.91. The van der Waals surface area contributed by atoms with E-state index in [1.807, 2.05) is 30.3 Å². The zero-order valence-electron chi connectivity index (χ0n) is 16.0. The number of aliphatic hydroxyl groups excluding tert-OH is 1. The second-order valence-electron chi connectivity index (χ2n) is 8.26. The molecule has 25 heavy (non-hydrogen) atoms. The van der Waals surface area contributed by atoms with Crippen LogP contribution in [0.1, 0.15) is 32.8 Å². The lowest BCUT2D eigenvalue weighted by molar-refractivity contribution is 0.0775. The molecule has 0 saturated carbocycles. The van der Waals surface area contributed by atoms with Gasteiger partial charge in [-0.1, -0.05) is 51.1 Å². The topological polar surface area (TPSA) is 59.0 Å². The number of hydrogen-bond donors (Lipinski definition) is 1. The van der Waals surface area contributed by atoms with Crippen LogP contribution in [0, 0.1) is 0 Å². The molecule has 2 atom stereocenters. The lowest BCUT2D eigenvalue weighted by atomic mass is 10.2. The quantitative estimate of drug-likeness (QED) is 0.807. The van der Waals surface area contributed by atoms with Gasteiger partial charge in [-0.15, -0.1) is 0 Å². The monoisotopic (exact) mass is 365 g/mol. The molecule has 1 aromatic rings. The summed E-state index contributed by atoms with van der Waals surface area (Å²) in [4.78, 5) is 14.1.